The standard InChI is InChI=1S/C21H22N4O2/c1-15-3-5-17(6-4-15)13-24-9-10-25-20(21(24)26)12-18(23-25)14-27-19-7-8-22-16(2)11-19/h3-8,11-12H,9-10,13-14H2,1-2H3. The smallest absolute Gasteiger partial charge is 0.272 e. The van der Waals surface area contributed by atoms with Gasteiger partial charge in [0.05, 0.1) is 6.54 Å². The Labute approximate surface area is 158 Å². The van der Waals surface area contributed by atoms with E-state index in [1.54, 1.807) is 10.9 Å². The van der Waals surface area contributed by atoms with Gasteiger partial charge < -0.3 is 9.64 Å². The molecule has 1 aromatic carbocycles. The number of benzene rings is 1. The summed E-state index contributed by atoms with van der Waals surface area (Å²) < 4.78 is 7.56. The average molecular weight is 362 g/mol. The molecule has 0 bridgehead atoms. The van der Waals surface area contributed by atoms with Gasteiger partial charge in [0.25, 0.3) is 5.91 Å². The first-order valence-corrected chi connectivity index (χ1v) is 9.05. The van der Waals surface area contributed by atoms with Crippen LogP contribution in [0.4, 0.5) is 0 Å². The zero-order valence-electron chi connectivity index (χ0n) is 15.6. The summed E-state index contributed by atoms with van der Waals surface area (Å²) in [4.78, 5) is 18.9. The van der Waals surface area contributed by atoms with Crippen LogP contribution in [0.3, 0.4) is 0 Å². The van der Waals surface area contributed by atoms with Gasteiger partial charge in [-0.3, -0.25) is 14.5 Å². The summed E-state index contributed by atoms with van der Waals surface area (Å²) in [5.41, 5.74) is 4.63. The predicted molar refractivity (Wildman–Crippen MR) is 101 cm³/mol. The van der Waals surface area contributed by atoms with Crippen LogP contribution in [0.15, 0.2) is 48.7 Å². The Kier molecular flexibility index (Phi) is 4.62. The quantitative estimate of drug-likeness (QED) is 0.700. The second kappa shape index (κ2) is 7.23. The third-order valence-corrected chi connectivity index (χ3v) is 4.67. The lowest BCUT2D eigenvalue weighted by atomic mass is 10.1. The van der Waals surface area contributed by atoms with Crippen molar-refractivity contribution in [3.8, 4) is 5.75 Å². The monoisotopic (exact) mass is 362 g/mol. The van der Waals surface area contributed by atoms with Gasteiger partial charge in [0.2, 0.25) is 0 Å². The maximum Gasteiger partial charge on any atom is 0.272 e. The molecule has 6 heteroatoms. The lowest BCUT2D eigenvalue weighted by Gasteiger charge is -2.27. The summed E-state index contributed by atoms with van der Waals surface area (Å²) in [6, 6.07) is 13.8. The Morgan fingerprint density at radius 2 is 1.89 bits per heavy atom. The van der Waals surface area contributed by atoms with Crippen LogP contribution < -0.4 is 4.74 Å². The minimum atomic E-state index is 0.0142. The lowest BCUT2D eigenvalue weighted by molar-refractivity contribution is 0.0683. The summed E-state index contributed by atoms with van der Waals surface area (Å²) >= 11 is 0. The van der Waals surface area contributed by atoms with E-state index in [0.29, 0.717) is 31.9 Å². The molecule has 3 heterocycles. The van der Waals surface area contributed by atoms with E-state index >= 15 is 0 Å². The van der Waals surface area contributed by atoms with Gasteiger partial charge in [-0.25, -0.2) is 0 Å². The summed E-state index contributed by atoms with van der Waals surface area (Å²) in [5, 5.41) is 4.52. The molecule has 0 atom stereocenters. The number of hydrogen-bond donors (Lipinski definition) is 0. The number of aromatic nitrogens is 3. The van der Waals surface area contributed by atoms with E-state index < -0.39 is 0 Å². The van der Waals surface area contributed by atoms with Gasteiger partial charge in [0.15, 0.2) is 0 Å². The van der Waals surface area contributed by atoms with Crippen LogP contribution in [0.5, 0.6) is 5.75 Å². The number of aryl methyl sites for hydroxylation is 2. The van der Waals surface area contributed by atoms with Crippen molar-refractivity contribution in [1.29, 1.82) is 0 Å². The molecule has 0 saturated heterocycles. The second-order valence-corrected chi connectivity index (χ2v) is 6.88. The van der Waals surface area contributed by atoms with Crippen molar-refractivity contribution in [2.45, 2.75) is 33.5 Å². The summed E-state index contributed by atoms with van der Waals surface area (Å²) in [6.07, 6.45) is 1.72. The third-order valence-electron chi connectivity index (χ3n) is 4.67. The Morgan fingerprint density at radius 3 is 2.67 bits per heavy atom. The number of amides is 1. The Balaban J connectivity index is 1.44. The molecule has 1 aliphatic rings. The van der Waals surface area contributed by atoms with Gasteiger partial charge in [-0.15, -0.1) is 0 Å². The first-order chi connectivity index (χ1) is 13.1. The van der Waals surface area contributed by atoms with Crippen LogP contribution in [-0.4, -0.2) is 32.1 Å². The molecular formula is C21H22N4O2. The molecule has 6 nitrogen and oxygen atoms in total. The zero-order chi connectivity index (χ0) is 18.8. The van der Waals surface area contributed by atoms with Crippen molar-refractivity contribution < 1.29 is 9.53 Å². The highest BCUT2D eigenvalue weighted by molar-refractivity contribution is 5.93. The van der Waals surface area contributed by atoms with Crippen LogP contribution in [0.25, 0.3) is 0 Å². The van der Waals surface area contributed by atoms with E-state index in [4.69, 9.17) is 4.74 Å². The van der Waals surface area contributed by atoms with E-state index in [-0.39, 0.29) is 5.91 Å². The number of carbonyl (C=O) groups is 1. The van der Waals surface area contributed by atoms with Crippen molar-refractivity contribution in [2.24, 2.45) is 0 Å². The van der Waals surface area contributed by atoms with Crippen LogP contribution >= 0.6 is 0 Å². The van der Waals surface area contributed by atoms with Gasteiger partial charge >= 0.3 is 0 Å². The Hall–Kier alpha value is -3.15. The van der Waals surface area contributed by atoms with Gasteiger partial charge in [0.1, 0.15) is 23.7 Å². The van der Waals surface area contributed by atoms with Crippen LogP contribution in [-0.2, 0) is 19.7 Å². The van der Waals surface area contributed by atoms with E-state index in [2.05, 4.69) is 41.3 Å². The Bertz CT molecular complexity index is 963. The number of fused-ring (bicyclic) bond motifs is 1. The van der Waals surface area contributed by atoms with E-state index in [0.717, 1.165) is 22.7 Å². The largest absolute Gasteiger partial charge is 0.487 e. The zero-order valence-corrected chi connectivity index (χ0v) is 15.6. The first-order valence-electron chi connectivity index (χ1n) is 9.05. The number of hydrogen-bond acceptors (Lipinski definition) is 4. The van der Waals surface area contributed by atoms with E-state index in [1.807, 2.05) is 30.0 Å². The molecule has 27 heavy (non-hydrogen) atoms. The molecule has 1 aliphatic heterocycles. The second-order valence-electron chi connectivity index (χ2n) is 6.88. The van der Waals surface area contributed by atoms with Crippen molar-refractivity contribution in [3.05, 3.63) is 76.9 Å². The number of rotatable bonds is 5. The molecule has 2 aromatic heterocycles. The highest BCUT2D eigenvalue weighted by Gasteiger charge is 2.26. The fraction of sp³-hybridized carbons (Fsp3) is 0.286. The molecular weight excluding hydrogens is 340 g/mol. The maximum atomic E-state index is 12.8. The number of nitrogens with zero attached hydrogens (tertiary/aromatic N) is 4. The van der Waals surface area contributed by atoms with Crippen molar-refractivity contribution in [2.75, 3.05) is 6.54 Å². The fourth-order valence-corrected chi connectivity index (χ4v) is 3.19. The predicted octanol–water partition coefficient (Wildman–Crippen LogP) is 3.13. The van der Waals surface area contributed by atoms with Crippen molar-refractivity contribution in [3.63, 3.8) is 0 Å². The fourth-order valence-electron chi connectivity index (χ4n) is 3.19. The van der Waals surface area contributed by atoms with Gasteiger partial charge in [-0.05, 0) is 31.5 Å². The minimum absolute atomic E-state index is 0.0142. The number of pyridine rings is 1. The number of carbonyl (C=O) groups excluding carboxylic acids is 1. The molecule has 0 aliphatic carbocycles. The molecule has 138 valence electrons. The minimum Gasteiger partial charge on any atom is -0.487 e. The third kappa shape index (κ3) is 3.84. The van der Waals surface area contributed by atoms with Gasteiger partial charge in [0, 0.05) is 31.0 Å². The molecule has 0 unspecified atom stereocenters. The molecule has 0 fully saturated rings. The highest BCUT2D eigenvalue weighted by atomic mass is 16.5. The van der Waals surface area contributed by atoms with Gasteiger partial charge in [-0.1, -0.05) is 29.8 Å². The van der Waals surface area contributed by atoms with Crippen LogP contribution in [0, 0.1) is 13.8 Å². The lowest BCUT2D eigenvalue weighted by Crippen LogP contribution is -2.39. The topological polar surface area (TPSA) is 60.3 Å². The highest BCUT2D eigenvalue weighted by Crippen LogP contribution is 2.18. The summed E-state index contributed by atoms with van der Waals surface area (Å²) in [5.74, 6) is 0.765. The maximum absolute atomic E-state index is 12.8. The SMILES string of the molecule is Cc1ccc(CN2CCn3nc(COc4ccnc(C)c4)cc3C2=O)cc1. The molecule has 0 radical (unpaired) electrons. The number of ether oxygens (including phenoxy) is 1. The first kappa shape index (κ1) is 17.3. The molecule has 1 amide bonds. The van der Waals surface area contributed by atoms with Crippen LogP contribution in [0.1, 0.15) is 33.0 Å². The van der Waals surface area contributed by atoms with Crippen molar-refractivity contribution >= 4 is 5.91 Å². The summed E-state index contributed by atoms with van der Waals surface area (Å²) in [7, 11) is 0. The normalized spacial score (nSPS) is 13.6. The van der Waals surface area contributed by atoms with E-state index in [1.165, 1.54) is 5.56 Å². The molecule has 0 saturated carbocycles. The molecule has 0 N–H and O–H groups in total. The van der Waals surface area contributed by atoms with Crippen LogP contribution in [0.2, 0.25) is 0 Å². The van der Waals surface area contributed by atoms with E-state index in [9.17, 15) is 4.79 Å². The molecule has 4 rings (SSSR count). The molecule has 3 aromatic rings. The average Bonchev–Trinajstić information content (AvgIpc) is 3.08. The van der Waals surface area contributed by atoms with Gasteiger partial charge in [-0.2, -0.15) is 5.10 Å². The Morgan fingerprint density at radius 1 is 1.07 bits per heavy atom. The molecule has 0 spiro atoms. The summed E-state index contributed by atoms with van der Waals surface area (Å²) in [6.45, 7) is 6.28. The van der Waals surface area contributed by atoms with Crippen molar-refractivity contribution in [1.82, 2.24) is 19.7 Å².